The summed E-state index contributed by atoms with van der Waals surface area (Å²) in [6.45, 7) is 2.28. The van der Waals surface area contributed by atoms with Gasteiger partial charge in [0.1, 0.15) is 5.82 Å². The number of hydrazine groups is 1. The van der Waals surface area contributed by atoms with Crippen LogP contribution in [0.5, 0.6) is 0 Å². The number of pyridine rings is 1. The minimum atomic E-state index is 0.0402. The van der Waals surface area contributed by atoms with Gasteiger partial charge < -0.3 is 10.3 Å². The van der Waals surface area contributed by atoms with Gasteiger partial charge in [0.2, 0.25) is 0 Å². The summed E-state index contributed by atoms with van der Waals surface area (Å²) in [5, 5.41) is 0. The second-order valence-electron chi connectivity index (χ2n) is 5.40. The zero-order chi connectivity index (χ0) is 13.8. The Kier molecular flexibility index (Phi) is 4.37. The second-order valence-corrected chi connectivity index (χ2v) is 5.40. The molecule has 0 aliphatic heterocycles. The highest BCUT2D eigenvalue weighted by atomic mass is 16.2. The lowest BCUT2D eigenvalue weighted by Crippen LogP contribution is -2.39. The number of nitrogen functional groups attached to an aromatic ring is 1. The number of amides is 1. The number of carbonyl (C=O) groups excluding carboxylic acids is 1. The molecule has 19 heavy (non-hydrogen) atoms. The van der Waals surface area contributed by atoms with Gasteiger partial charge in [-0.3, -0.25) is 4.79 Å². The van der Waals surface area contributed by atoms with Gasteiger partial charge in [-0.1, -0.05) is 6.92 Å². The molecule has 1 aliphatic carbocycles. The van der Waals surface area contributed by atoms with E-state index in [0.717, 1.165) is 18.8 Å². The van der Waals surface area contributed by atoms with Crippen molar-refractivity contribution in [3.63, 3.8) is 0 Å². The number of hydrogen-bond donors (Lipinski definition) is 2. The Morgan fingerprint density at radius 2 is 2.11 bits per heavy atom. The van der Waals surface area contributed by atoms with E-state index >= 15 is 0 Å². The standard InChI is InChI=1S/C14H22N4O/c1-10-3-5-12(6-4-10)18(2)14(19)11-7-8-16-13(9-11)17-15/h7-10,12H,3-6,15H2,1-2H3,(H,16,17). The maximum atomic E-state index is 12.4. The summed E-state index contributed by atoms with van der Waals surface area (Å²) >= 11 is 0. The molecule has 1 aromatic heterocycles. The maximum Gasteiger partial charge on any atom is 0.254 e. The summed E-state index contributed by atoms with van der Waals surface area (Å²) in [5.41, 5.74) is 3.09. The van der Waals surface area contributed by atoms with Crippen molar-refractivity contribution in [2.75, 3.05) is 12.5 Å². The molecule has 104 valence electrons. The molecule has 0 atom stereocenters. The molecule has 1 heterocycles. The molecule has 1 amide bonds. The van der Waals surface area contributed by atoms with Crippen molar-refractivity contribution in [1.29, 1.82) is 0 Å². The molecule has 1 aliphatic rings. The van der Waals surface area contributed by atoms with E-state index in [0.29, 0.717) is 17.4 Å². The first-order chi connectivity index (χ1) is 9.11. The Hall–Kier alpha value is -1.62. The first-order valence-electron chi connectivity index (χ1n) is 6.81. The maximum absolute atomic E-state index is 12.4. The van der Waals surface area contributed by atoms with Crippen molar-refractivity contribution < 1.29 is 4.79 Å². The van der Waals surface area contributed by atoms with Crippen LogP contribution in [0.15, 0.2) is 18.3 Å². The van der Waals surface area contributed by atoms with Gasteiger partial charge in [0.15, 0.2) is 0 Å². The number of nitrogens with zero attached hydrogens (tertiary/aromatic N) is 2. The zero-order valence-corrected chi connectivity index (χ0v) is 11.6. The van der Waals surface area contributed by atoms with Crippen LogP contribution < -0.4 is 11.3 Å². The minimum Gasteiger partial charge on any atom is -0.339 e. The van der Waals surface area contributed by atoms with Crippen molar-refractivity contribution >= 4 is 11.7 Å². The van der Waals surface area contributed by atoms with E-state index in [4.69, 9.17) is 5.84 Å². The van der Waals surface area contributed by atoms with Crippen LogP contribution in [0.1, 0.15) is 43.0 Å². The largest absolute Gasteiger partial charge is 0.339 e. The van der Waals surface area contributed by atoms with Crippen LogP contribution >= 0.6 is 0 Å². The molecule has 5 nitrogen and oxygen atoms in total. The summed E-state index contributed by atoms with van der Waals surface area (Å²) < 4.78 is 0. The predicted molar refractivity (Wildman–Crippen MR) is 75.6 cm³/mol. The van der Waals surface area contributed by atoms with E-state index in [9.17, 15) is 4.79 Å². The molecule has 1 saturated carbocycles. The fourth-order valence-electron chi connectivity index (χ4n) is 2.64. The van der Waals surface area contributed by atoms with Crippen LogP contribution in [0.4, 0.5) is 5.82 Å². The van der Waals surface area contributed by atoms with Crippen LogP contribution in [0, 0.1) is 5.92 Å². The Balaban J connectivity index is 2.05. The van der Waals surface area contributed by atoms with E-state index in [-0.39, 0.29) is 5.91 Å². The van der Waals surface area contributed by atoms with Crippen molar-refractivity contribution in [3.8, 4) is 0 Å². The van der Waals surface area contributed by atoms with Gasteiger partial charge in [-0.25, -0.2) is 10.8 Å². The summed E-state index contributed by atoms with van der Waals surface area (Å²) in [6.07, 6.45) is 6.19. The Bertz CT molecular complexity index is 441. The average Bonchev–Trinajstić information content (AvgIpc) is 2.46. The number of anilines is 1. The van der Waals surface area contributed by atoms with Gasteiger partial charge in [0.25, 0.3) is 5.91 Å². The van der Waals surface area contributed by atoms with Gasteiger partial charge >= 0.3 is 0 Å². The van der Waals surface area contributed by atoms with Gasteiger partial charge in [-0.2, -0.15) is 0 Å². The molecule has 0 saturated heterocycles. The van der Waals surface area contributed by atoms with E-state index in [1.807, 2.05) is 11.9 Å². The number of hydrogen-bond acceptors (Lipinski definition) is 4. The average molecular weight is 262 g/mol. The number of rotatable bonds is 3. The molecular weight excluding hydrogens is 240 g/mol. The SMILES string of the molecule is CC1CCC(N(C)C(=O)c2ccnc(NN)c2)CC1. The van der Waals surface area contributed by atoms with E-state index in [2.05, 4.69) is 17.3 Å². The molecule has 0 unspecified atom stereocenters. The zero-order valence-electron chi connectivity index (χ0n) is 11.6. The van der Waals surface area contributed by atoms with Crippen molar-refractivity contribution in [1.82, 2.24) is 9.88 Å². The van der Waals surface area contributed by atoms with Crippen molar-refractivity contribution in [2.24, 2.45) is 11.8 Å². The molecule has 2 rings (SSSR count). The number of nitrogens with one attached hydrogen (secondary N) is 1. The van der Waals surface area contributed by atoms with Crippen LogP contribution in [0.25, 0.3) is 0 Å². The smallest absolute Gasteiger partial charge is 0.254 e. The Labute approximate surface area is 114 Å². The number of aromatic nitrogens is 1. The molecule has 1 aromatic rings. The van der Waals surface area contributed by atoms with Crippen LogP contribution in [-0.2, 0) is 0 Å². The highest BCUT2D eigenvalue weighted by Gasteiger charge is 2.25. The van der Waals surface area contributed by atoms with Gasteiger partial charge in [0, 0.05) is 24.8 Å². The van der Waals surface area contributed by atoms with Gasteiger partial charge in [-0.05, 0) is 43.7 Å². The minimum absolute atomic E-state index is 0.0402. The normalized spacial score (nSPS) is 22.9. The van der Waals surface area contributed by atoms with Crippen molar-refractivity contribution in [2.45, 2.75) is 38.6 Å². The van der Waals surface area contributed by atoms with Gasteiger partial charge in [0.05, 0.1) is 0 Å². The first kappa shape index (κ1) is 13.8. The molecule has 3 N–H and O–H groups in total. The topological polar surface area (TPSA) is 71.2 Å². The monoisotopic (exact) mass is 262 g/mol. The summed E-state index contributed by atoms with van der Waals surface area (Å²) in [5.74, 6) is 6.65. The highest BCUT2D eigenvalue weighted by Crippen LogP contribution is 2.27. The van der Waals surface area contributed by atoms with Crippen molar-refractivity contribution in [3.05, 3.63) is 23.9 Å². The van der Waals surface area contributed by atoms with E-state index in [1.54, 1.807) is 18.3 Å². The summed E-state index contributed by atoms with van der Waals surface area (Å²) in [6, 6.07) is 3.77. The van der Waals surface area contributed by atoms with E-state index < -0.39 is 0 Å². The Morgan fingerprint density at radius 1 is 1.42 bits per heavy atom. The quantitative estimate of drug-likeness (QED) is 0.646. The van der Waals surface area contributed by atoms with Gasteiger partial charge in [-0.15, -0.1) is 0 Å². The Morgan fingerprint density at radius 3 is 2.74 bits per heavy atom. The lowest BCUT2D eigenvalue weighted by molar-refractivity contribution is 0.0679. The third kappa shape index (κ3) is 3.23. The summed E-state index contributed by atoms with van der Waals surface area (Å²) in [7, 11) is 1.89. The fourth-order valence-corrected chi connectivity index (χ4v) is 2.64. The van der Waals surface area contributed by atoms with Crippen LogP contribution in [-0.4, -0.2) is 28.9 Å². The van der Waals surface area contributed by atoms with Crippen LogP contribution in [0.3, 0.4) is 0 Å². The number of nitrogens with two attached hydrogens (primary N) is 1. The molecular formula is C14H22N4O. The molecule has 0 aromatic carbocycles. The third-order valence-corrected chi connectivity index (χ3v) is 4.01. The lowest BCUT2D eigenvalue weighted by Gasteiger charge is -2.33. The third-order valence-electron chi connectivity index (χ3n) is 4.01. The number of carbonyl (C=O) groups is 1. The molecule has 1 fully saturated rings. The molecule has 0 spiro atoms. The second kappa shape index (κ2) is 6.02. The predicted octanol–water partition coefficient (Wildman–Crippen LogP) is 2.02. The highest BCUT2D eigenvalue weighted by molar-refractivity contribution is 5.94. The summed E-state index contributed by atoms with van der Waals surface area (Å²) in [4.78, 5) is 18.3. The fraction of sp³-hybridized carbons (Fsp3) is 0.571. The van der Waals surface area contributed by atoms with Crippen LogP contribution in [0.2, 0.25) is 0 Å². The molecule has 0 bridgehead atoms. The lowest BCUT2D eigenvalue weighted by atomic mass is 9.86. The first-order valence-corrected chi connectivity index (χ1v) is 6.81. The molecule has 5 heteroatoms. The van der Waals surface area contributed by atoms with E-state index in [1.165, 1.54) is 12.8 Å². The molecule has 0 radical (unpaired) electrons.